The van der Waals surface area contributed by atoms with Gasteiger partial charge in [0.05, 0.1) is 6.34 Å². The molecule has 1 heterocycles. The minimum atomic E-state index is -0.959. The molecule has 1 atom stereocenters. The number of hydrogen-bond acceptors (Lipinski definition) is 3. The van der Waals surface area contributed by atoms with Crippen molar-refractivity contribution in [1.29, 1.82) is 0 Å². The van der Waals surface area contributed by atoms with E-state index in [4.69, 9.17) is 4.99 Å². The number of aliphatic imine (C=N–C) groups is 1. The van der Waals surface area contributed by atoms with E-state index in [9.17, 15) is 0 Å². The zero-order chi connectivity index (χ0) is 14.8. The van der Waals surface area contributed by atoms with Gasteiger partial charge in [-0.2, -0.15) is 0 Å². The van der Waals surface area contributed by atoms with E-state index in [1.54, 1.807) is 0 Å². The summed E-state index contributed by atoms with van der Waals surface area (Å²) in [5, 5.41) is 6.94. The van der Waals surface area contributed by atoms with Crippen molar-refractivity contribution in [2.24, 2.45) is 4.99 Å². The highest BCUT2D eigenvalue weighted by Gasteiger charge is 2.37. The molecule has 1 aliphatic carbocycles. The van der Waals surface area contributed by atoms with Crippen LogP contribution < -0.4 is 10.6 Å². The molecule has 5 heteroatoms. The quantitative estimate of drug-likeness (QED) is 0.542. The van der Waals surface area contributed by atoms with Crippen LogP contribution in [0.25, 0.3) is 0 Å². The van der Waals surface area contributed by atoms with Crippen molar-refractivity contribution in [2.75, 3.05) is 0 Å². The molecule has 1 saturated carbocycles. The van der Waals surface area contributed by atoms with E-state index in [1.165, 1.54) is 29.3 Å². The van der Waals surface area contributed by atoms with Crippen LogP contribution in [0, 0.1) is 0 Å². The van der Waals surface area contributed by atoms with Gasteiger partial charge in [-0.25, -0.2) is 4.99 Å². The normalized spacial score (nSPS) is 34.5. The summed E-state index contributed by atoms with van der Waals surface area (Å²) in [5.74, 6) is 0. The van der Waals surface area contributed by atoms with Gasteiger partial charge >= 0.3 is 0 Å². The molecule has 0 aromatic heterocycles. The molecule has 1 fully saturated rings. The molecule has 0 aromatic rings. The third-order valence-electron chi connectivity index (χ3n) is 4.87. The van der Waals surface area contributed by atoms with Crippen LogP contribution in [-0.4, -0.2) is 26.1 Å². The van der Waals surface area contributed by atoms with Crippen LogP contribution >= 0.6 is 22.6 Å². The van der Waals surface area contributed by atoms with E-state index in [1.807, 2.05) is 6.34 Å². The monoisotopic (exact) mass is 405 g/mol. The molecular weight excluding hydrogens is 377 g/mol. The molecule has 2 N–H and O–H groups in total. The summed E-state index contributed by atoms with van der Waals surface area (Å²) in [6, 6.07) is 0.621. The molecule has 1 unspecified atom stereocenters. The smallest absolute Gasteiger partial charge is 0.145 e. The molecule has 0 saturated heterocycles. The van der Waals surface area contributed by atoms with Crippen LogP contribution in [0.15, 0.2) is 14.8 Å². The van der Waals surface area contributed by atoms with Gasteiger partial charge in [-0.1, -0.05) is 39.4 Å². The molecule has 0 spiro atoms. The first-order valence-corrected chi connectivity index (χ1v) is 12.5. The number of rotatable bonds is 4. The average molecular weight is 405 g/mol. The molecule has 2 aliphatic rings. The summed E-state index contributed by atoms with van der Waals surface area (Å²) in [4.78, 5) is 4.71. The molecule has 0 bridgehead atoms. The van der Waals surface area contributed by atoms with E-state index in [-0.39, 0.29) is 5.66 Å². The largest absolute Gasteiger partial charge is 0.352 e. The lowest BCUT2D eigenvalue weighted by Crippen LogP contribution is -2.52. The predicted octanol–water partition coefficient (Wildman–Crippen LogP) is 4.24. The maximum Gasteiger partial charge on any atom is 0.145 e. The molecule has 1 aliphatic heterocycles. The van der Waals surface area contributed by atoms with E-state index in [0.717, 1.165) is 12.0 Å². The van der Waals surface area contributed by atoms with Crippen LogP contribution in [-0.2, 0) is 0 Å². The van der Waals surface area contributed by atoms with E-state index in [2.05, 4.69) is 66.0 Å². The Hall–Kier alpha value is 0.117. The number of halogens is 1. The topological polar surface area (TPSA) is 36.4 Å². The first-order valence-electron chi connectivity index (χ1n) is 7.81. The zero-order valence-corrected chi connectivity index (χ0v) is 16.3. The summed E-state index contributed by atoms with van der Waals surface area (Å²) < 4.78 is 1.27. The second kappa shape index (κ2) is 6.48. The van der Waals surface area contributed by atoms with Gasteiger partial charge in [0.25, 0.3) is 0 Å². The molecule has 3 nitrogen and oxygen atoms in total. The Morgan fingerprint density at radius 3 is 2.50 bits per heavy atom. The Kier molecular flexibility index (Phi) is 5.34. The van der Waals surface area contributed by atoms with Crippen LogP contribution in [0.3, 0.4) is 0 Å². The maximum absolute atomic E-state index is 4.71. The van der Waals surface area contributed by atoms with Gasteiger partial charge in [0.2, 0.25) is 0 Å². The van der Waals surface area contributed by atoms with Crippen molar-refractivity contribution in [1.82, 2.24) is 10.6 Å². The van der Waals surface area contributed by atoms with Crippen molar-refractivity contribution in [3.63, 3.8) is 0 Å². The molecule has 0 radical (unpaired) electrons. The van der Waals surface area contributed by atoms with E-state index < -0.39 is 8.07 Å². The number of hydrogen-bond donors (Lipinski definition) is 2. The van der Waals surface area contributed by atoms with Gasteiger partial charge in [0, 0.05) is 23.9 Å². The highest BCUT2D eigenvalue weighted by Crippen LogP contribution is 2.39. The second-order valence-electron chi connectivity index (χ2n) is 7.19. The van der Waals surface area contributed by atoms with Crippen molar-refractivity contribution < 1.29 is 0 Å². The summed E-state index contributed by atoms with van der Waals surface area (Å²) >= 11 is 2.41. The van der Waals surface area contributed by atoms with Crippen molar-refractivity contribution in [3.8, 4) is 0 Å². The van der Waals surface area contributed by atoms with Gasteiger partial charge in [-0.3, -0.25) is 5.32 Å². The van der Waals surface area contributed by atoms with Gasteiger partial charge in [0.1, 0.15) is 5.66 Å². The highest BCUT2D eigenvalue weighted by molar-refractivity contribution is 14.1. The van der Waals surface area contributed by atoms with Gasteiger partial charge in [-0.05, 0) is 47.4 Å². The lowest BCUT2D eigenvalue weighted by Gasteiger charge is -2.41. The SMILES string of the molecule is CCC1(NC2CCC([Si](C)(C)C)CC2)N=CNC=C1I. The lowest BCUT2D eigenvalue weighted by atomic mass is 9.92. The van der Waals surface area contributed by atoms with Crippen LogP contribution in [0.4, 0.5) is 0 Å². The van der Waals surface area contributed by atoms with Gasteiger partial charge in [-0.15, -0.1) is 0 Å². The van der Waals surface area contributed by atoms with Crippen LogP contribution in [0.5, 0.6) is 0 Å². The molecule has 114 valence electrons. The summed E-state index contributed by atoms with van der Waals surface area (Å²) in [6.45, 7) is 9.76. The first kappa shape index (κ1) is 16.5. The van der Waals surface area contributed by atoms with Crippen LogP contribution in [0.1, 0.15) is 39.0 Å². The Balaban J connectivity index is 1.96. The standard InChI is InChI=1S/C15H28IN3Si/c1-5-15(14(16)10-17-11-18-15)19-12-6-8-13(9-7-12)20(2,3)4/h10-13,19H,5-9H2,1-4H3,(H,17,18). The van der Waals surface area contributed by atoms with E-state index >= 15 is 0 Å². The molecular formula is C15H28IN3Si. The molecule has 2 rings (SSSR count). The third-order valence-corrected chi connectivity index (χ3v) is 9.10. The lowest BCUT2D eigenvalue weighted by molar-refractivity contribution is 0.284. The zero-order valence-electron chi connectivity index (χ0n) is 13.2. The predicted molar refractivity (Wildman–Crippen MR) is 99.2 cm³/mol. The fourth-order valence-electron chi connectivity index (χ4n) is 3.35. The van der Waals surface area contributed by atoms with Crippen LogP contribution in [0.2, 0.25) is 25.2 Å². The first-order chi connectivity index (χ1) is 9.37. The Morgan fingerprint density at radius 1 is 1.35 bits per heavy atom. The maximum atomic E-state index is 4.71. The summed E-state index contributed by atoms with van der Waals surface area (Å²) in [7, 11) is -0.959. The second-order valence-corrected chi connectivity index (χ2v) is 13.9. The Bertz CT molecular complexity index is 394. The summed E-state index contributed by atoms with van der Waals surface area (Å²) in [5.41, 5.74) is 0.826. The van der Waals surface area contributed by atoms with Crippen molar-refractivity contribution in [3.05, 3.63) is 9.78 Å². The minimum absolute atomic E-state index is 0.178. The third kappa shape index (κ3) is 3.65. The Morgan fingerprint density at radius 2 is 2.00 bits per heavy atom. The minimum Gasteiger partial charge on any atom is -0.352 e. The molecule has 0 aromatic carbocycles. The molecule has 0 amide bonds. The fraction of sp³-hybridized carbons (Fsp3) is 0.800. The van der Waals surface area contributed by atoms with Crippen molar-refractivity contribution >= 4 is 37.0 Å². The fourth-order valence-corrected chi connectivity index (χ4v) is 6.27. The summed E-state index contributed by atoms with van der Waals surface area (Å²) in [6.07, 6.45) is 10.3. The number of nitrogens with one attached hydrogen (secondary N) is 2. The average Bonchev–Trinajstić information content (AvgIpc) is 2.41. The van der Waals surface area contributed by atoms with Gasteiger partial charge < -0.3 is 5.32 Å². The Labute approximate surface area is 138 Å². The highest BCUT2D eigenvalue weighted by atomic mass is 127. The molecule has 20 heavy (non-hydrogen) atoms. The van der Waals surface area contributed by atoms with Gasteiger partial charge in [0.15, 0.2) is 0 Å². The van der Waals surface area contributed by atoms with Crippen molar-refractivity contribution in [2.45, 2.75) is 75.9 Å². The number of nitrogens with zero attached hydrogens (tertiary/aromatic N) is 1. The van der Waals surface area contributed by atoms with E-state index in [0.29, 0.717) is 6.04 Å².